The molecule has 0 saturated heterocycles. The molecule has 20 heavy (non-hydrogen) atoms. The maximum Gasteiger partial charge on any atom is 0.160 e. The first-order chi connectivity index (χ1) is 9.14. The van der Waals surface area contributed by atoms with Crippen LogP contribution in [0.1, 0.15) is 46.2 Å². The van der Waals surface area contributed by atoms with Crippen LogP contribution in [0.5, 0.6) is 0 Å². The number of hydrogen-bond acceptors (Lipinski definition) is 1. The third-order valence-electron chi connectivity index (χ3n) is 5.26. The maximum absolute atomic E-state index is 13.6. The van der Waals surface area contributed by atoms with E-state index in [4.69, 9.17) is 11.6 Å². The molecule has 112 valence electrons. The summed E-state index contributed by atoms with van der Waals surface area (Å²) in [5.41, 5.74) is 0.915. The summed E-state index contributed by atoms with van der Waals surface area (Å²) in [6.45, 7) is 11.6. The Morgan fingerprint density at radius 1 is 1.15 bits per heavy atom. The molecule has 0 amide bonds. The zero-order valence-corrected chi connectivity index (χ0v) is 13.4. The van der Waals surface area contributed by atoms with Crippen LogP contribution in [0.3, 0.4) is 0 Å². The van der Waals surface area contributed by atoms with Crippen molar-refractivity contribution in [2.24, 2.45) is 16.7 Å². The molecule has 0 heterocycles. The van der Waals surface area contributed by atoms with Crippen LogP contribution in [0.15, 0.2) is 12.1 Å². The summed E-state index contributed by atoms with van der Waals surface area (Å²) in [5.74, 6) is -1.41. The molecule has 1 atom stereocenters. The van der Waals surface area contributed by atoms with E-state index in [0.717, 1.165) is 12.6 Å². The third kappa shape index (κ3) is 2.25. The molecule has 4 heteroatoms. The molecule has 1 unspecified atom stereocenters. The van der Waals surface area contributed by atoms with Crippen molar-refractivity contribution in [3.63, 3.8) is 0 Å². The molecule has 1 aliphatic rings. The number of halogens is 3. The Morgan fingerprint density at radius 2 is 1.65 bits per heavy atom. The molecule has 1 aliphatic carbocycles. The first-order valence-corrected chi connectivity index (χ1v) is 7.40. The topological polar surface area (TPSA) is 12.0 Å². The van der Waals surface area contributed by atoms with Gasteiger partial charge in [0.05, 0.1) is 0 Å². The van der Waals surface area contributed by atoms with E-state index in [-0.39, 0.29) is 21.9 Å². The van der Waals surface area contributed by atoms with Gasteiger partial charge in [-0.2, -0.15) is 0 Å². The van der Waals surface area contributed by atoms with Gasteiger partial charge >= 0.3 is 0 Å². The van der Waals surface area contributed by atoms with Crippen LogP contribution < -0.4 is 5.32 Å². The van der Waals surface area contributed by atoms with Gasteiger partial charge in [0.25, 0.3) is 0 Å². The van der Waals surface area contributed by atoms with Gasteiger partial charge < -0.3 is 5.32 Å². The number of rotatable bonds is 4. The first-order valence-electron chi connectivity index (χ1n) is 7.02. The Balaban J connectivity index is 2.44. The Bertz CT molecular complexity index is 511. The van der Waals surface area contributed by atoms with Crippen LogP contribution in [-0.4, -0.2) is 6.54 Å². The molecule has 0 aromatic heterocycles. The summed E-state index contributed by atoms with van der Waals surface area (Å²) < 4.78 is 26.8. The first kappa shape index (κ1) is 15.7. The average Bonchev–Trinajstić information content (AvgIpc) is 2.72. The van der Waals surface area contributed by atoms with Crippen molar-refractivity contribution in [3.8, 4) is 0 Å². The van der Waals surface area contributed by atoms with Crippen molar-refractivity contribution in [2.45, 2.75) is 40.7 Å². The highest BCUT2D eigenvalue weighted by atomic mass is 35.5. The minimum Gasteiger partial charge on any atom is -0.310 e. The maximum atomic E-state index is 13.6. The van der Waals surface area contributed by atoms with Gasteiger partial charge in [-0.05, 0) is 41.0 Å². The monoisotopic (exact) mass is 301 g/mol. The highest BCUT2D eigenvalue weighted by molar-refractivity contribution is 6.31. The summed E-state index contributed by atoms with van der Waals surface area (Å²) in [7, 11) is 0. The molecule has 0 aliphatic heterocycles. The van der Waals surface area contributed by atoms with Gasteiger partial charge in [-0.3, -0.25) is 0 Å². The molecule has 1 nitrogen and oxygen atoms in total. The summed E-state index contributed by atoms with van der Waals surface area (Å²) in [4.78, 5) is 0. The van der Waals surface area contributed by atoms with Gasteiger partial charge in [0.2, 0.25) is 0 Å². The van der Waals surface area contributed by atoms with Crippen molar-refractivity contribution in [3.05, 3.63) is 34.4 Å². The number of nitrogens with one attached hydrogen (secondary N) is 1. The normalized spacial score (nSPS) is 21.8. The highest BCUT2D eigenvalue weighted by Gasteiger charge is 2.67. The van der Waals surface area contributed by atoms with Crippen molar-refractivity contribution in [2.75, 3.05) is 6.54 Å². The van der Waals surface area contributed by atoms with Crippen LogP contribution in [0, 0.1) is 28.4 Å². The SMILES string of the molecule is CCNC(c1cc(F)c(F)cc1Cl)C1C(C)(C)C1(C)C. The van der Waals surface area contributed by atoms with Crippen LogP contribution in [0.2, 0.25) is 5.02 Å². The number of benzene rings is 1. The summed E-state index contributed by atoms with van der Waals surface area (Å²) >= 11 is 6.14. The van der Waals surface area contributed by atoms with E-state index in [0.29, 0.717) is 11.5 Å². The second-order valence-corrected chi connectivity index (χ2v) is 7.15. The second kappa shape index (κ2) is 4.96. The van der Waals surface area contributed by atoms with Gasteiger partial charge in [0, 0.05) is 11.1 Å². The van der Waals surface area contributed by atoms with Gasteiger partial charge in [0.15, 0.2) is 11.6 Å². The highest BCUT2D eigenvalue weighted by Crippen LogP contribution is 2.72. The van der Waals surface area contributed by atoms with Gasteiger partial charge in [-0.25, -0.2) is 8.78 Å². The van der Waals surface area contributed by atoms with Gasteiger partial charge in [0.1, 0.15) is 0 Å². The summed E-state index contributed by atoms with van der Waals surface area (Å²) in [5, 5.41) is 3.67. The van der Waals surface area contributed by atoms with Crippen molar-refractivity contribution in [1.82, 2.24) is 5.32 Å². The summed E-state index contributed by atoms with van der Waals surface area (Å²) in [6, 6.07) is 2.24. The lowest BCUT2D eigenvalue weighted by molar-refractivity contribution is 0.414. The second-order valence-electron chi connectivity index (χ2n) is 6.74. The molecule has 1 N–H and O–H groups in total. The Labute approximate surface area is 124 Å². The zero-order valence-electron chi connectivity index (χ0n) is 12.7. The Hall–Kier alpha value is -0.670. The zero-order chi connectivity index (χ0) is 15.3. The molecule has 0 bridgehead atoms. The van der Waals surface area contributed by atoms with E-state index in [1.165, 1.54) is 6.07 Å². The molecular weight excluding hydrogens is 280 g/mol. The van der Waals surface area contributed by atoms with Crippen LogP contribution in [0.4, 0.5) is 8.78 Å². The van der Waals surface area contributed by atoms with Crippen LogP contribution in [0.25, 0.3) is 0 Å². The quantitative estimate of drug-likeness (QED) is 0.776. The minimum atomic E-state index is -0.900. The number of hydrogen-bond donors (Lipinski definition) is 1. The molecule has 2 rings (SSSR count). The van der Waals surface area contributed by atoms with Gasteiger partial charge in [-0.15, -0.1) is 0 Å². The van der Waals surface area contributed by atoms with E-state index in [1.54, 1.807) is 0 Å². The molecule has 1 fully saturated rings. The van der Waals surface area contributed by atoms with E-state index in [1.807, 2.05) is 6.92 Å². The van der Waals surface area contributed by atoms with E-state index in [9.17, 15) is 8.78 Å². The smallest absolute Gasteiger partial charge is 0.160 e. The largest absolute Gasteiger partial charge is 0.310 e. The minimum absolute atomic E-state index is 0.0624. The molecule has 1 aromatic rings. The van der Waals surface area contributed by atoms with Crippen LogP contribution >= 0.6 is 11.6 Å². The lowest BCUT2D eigenvalue weighted by atomic mass is 9.96. The van der Waals surface area contributed by atoms with Gasteiger partial charge in [-0.1, -0.05) is 46.2 Å². The van der Waals surface area contributed by atoms with Crippen molar-refractivity contribution in [1.29, 1.82) is 0 Å². The molecule has 1 aromatic carbocycles. The van der Waals surface area contributed by atoms with E-state index in [2.05, 4.69) is 33.0 Å². The summed E-state index contributed by atoms with van der Waals surface area (Å²) in [6.07, 6.45) is 0. The van der Waals surface area contributed by atoms with Crippen molar-refractivity contribution >= 4 is 11.6 Å². The standard InChI is InChI=1S/C16H22ClF2N/c1-6-20-13(14-15(2,3)16(14,4)5)9-7-11(18)12(19)8-10(9)17/h7-8,13-14,20H,6H2,1-5H3. The molecule has 0 radical (unpaired) electrons. The molecule has 0 spiro atoms. The predicted molar refractivity (Wildman–Crippen MR) is 78.8 cm³/mol. The van der Waals surface area contributed by atoms with Crippen molar-refractivity contribution < 1.29 is 8.78 Å². The fourth-order valence-corrected chi connectivity index (χ4v) is 3.75. The molecule has 1 saturated carbocycles. The van der Waals surface area contributed by atoms with E-state index >= 15 is 0 Å². The lowest BCUT2D eigenvalue weighted by Crippen LogP contribution is -2.25. The Kier molecular flexibility index (Phi) is 3.89. The van der Waals surface area contributed by atoms with E-state index < -0.39 is 11.6 Å². The Morgan fingerprint density at radius 3 is 2.10 bits per heavy atom. The lowest BCUT2D eigenvalue weighted by Gasteiger charge is -2.22. The fraction of sp³-hybridized carbons (Fsp3) is 0.625. The van der Waals surface area contributed by atoms with Crippen LogP contribution in [-0.2, 0) is 0 Å². The third-order valence-corrected chi connectivity index (χ3v) is 5.59. The molecular formula is C16H22ClF2N. The average molecular weight is 302 g/mol. The fourth-order valence-electron chi connectivity index (χ4n) is 3.48. The predicted octanol–water partition coefficient (Wildman–Crippen LogP) is 4.95.